The van der Waals surface area contributed by atoms with Crippen molar-refractivity contribution in [3.63, 3.8) is 0 Å². The van der Waals surface area contributed by atoms with Crippen molar-refractivity contribution in [1.82, 2.24) is 19.8 Å². The van der Waals surface area contributed by atoms with E-state index >= 15 is 0 Å². The molecule has 2 amide bonds. The van der Waals surface area contributed by atoms with Crippen LogP contribution in [0.2, 0.25) is 0 Å². The van der Waals surface area contributed by atoms with E-state index < -0.39 is 15.9 Å². The number of aromatic nitrogens is 2. The molecule has 156 valence electrons. The van der Waals surface area contributed by atoms with Gasteiger partial charge in [-0.15, -0.1) is 0 Å². The normalized spacial score (nSPS) is 14.7. The quantitative estimate of drug-likeness (QED) is 0.626. The molecule has 1 aliphatic rings. The number of hydrogen-bond acceptors (Lipinski definition) is 5. The van der Waals surface area contributed by atoms with Gasteiger partial charge in [-0.05, 0) is 44.5 Å². The van der Waals surface area contributed by atoms with E-state index in [1.807, 2.05) is 0 Å². The van der Waals surface area contributed by atoms with Gasteiger partial charge in [-0.2, -0.15) is 5.10 Å². The molecule has 29 heavy (non-hydrogen) atoms. The zero-order chi connectivity index (χ0) is 21.0. The molecular formula is C19H25N5O4S. The second kappa shape index (κ2) is 8.75. The van der Waals surface area contributed by atoms with Crippen molar-refractivity contribution in [2.45, 2.75) is 50.1 Å². The van der Waals surface area contributed by atoms with Crippen LogP contribution >= 0.6 is 0 Å². The zero-order valence-corrected chi connectivity index (χ0v) is 17.3. The maximum Gasteiger partial charge on any atom is 0.256 e. The highest BCUT2D eigenvalue weighted by atomic mass is 32.2. The Labute approximate surface area is 169 Å². The maximum absolute atomic E-state index is 12.6. The van der Waals surface area contributed by atoms with E-state index in [9.17, 15) is 18.0 Å². The molecule has 0 bridgehead atoms. The van der Waals surface area contributed by atoms with Crippen molar-refractivity contribution < 1.29 is 18.0 Å². The lowest BCUT2D eigenvalue weighted by Crippen LogP contribution is -2.35. The number of nitrogens with one attached hydrogen (secondary N) is 3. The van der Waals surface area contributed by atoms with Crippen LogP contribution in [-0.2, 0) is 21.4 Å². The van der Waals surface area contributed by atoms with Gasteiger partial charge in [-0.25, -0.2) is 13.1 Å². The molecule has 0 spiro atoms. The zero-order valence-electron chi connectivity index (χ0n) is 16.4. The van der Waals surface area contributed by atoms with Crippen LogP contribution in [0.1, 0.15) is 41.6 Å². The van der Waals surface area contributed by atoms with Crippen LogP contribution < -0.4 is 15.4 Å². The summed E-state index contributed by atoms with van der Waals surface area (Å²) in [6, 6.07) is 4.59. The predicted molar refractivity (Wildman–Crippen MR) is 108 cm³/mol. The second-order valence-electron chi connectivity index (χ2n) is 7.11. The van der Waals surface area contributed by atoms with Crippen LogP contribution in [0.25, 0.3) is 0 Å². The molecular weight excluding hydrogens is 394 g/mol. The minimum absolute atomic E-state index is 0.00929. The van der Waals surface area contributed by atoms with Crippen LogP contribution in [-0.4, -0.2) is 43.1 Å². The monoisotopic (exact) mass is 419 g/mol. The summed E-state index contributed by atoms with van der Waals surface area (Å²) in [5, 5.41) is 9.79. The van der Waals surface area contributed by atoms with Gasteiger partial charge in [0.15, 0.2) is 0 Å². The fourth-order valence-electron chi connectivity index (χ4n) is 3.33. The molecule has 1 heterocycles. The molecule has 0 atom stereocenters. The Balaban J connectivity index is 1.65. The summed E-state index contributed by atoms with van der Waals surface area (Å²) in [6.07, 6.45) is 7.31. The van der Waals surface area contributed by atoms with Crippen LogP contribution in [0.3, 0.4) is 0 Å². The Morgan fingerprint density at radius 3 is 2.66 bits per heavy atom. The summed E-state index contributed by atoms with van der Waals surface area (Å²) in [5.41, 5.74) is 1.30. The number of aryl methyl sites for hydroxylation is 1. The van der Waals surface area contributed by atoms with Crippen molar-refractivity contribution in [2.75, 3.05) is 12.4 Å². The van der Waals surface area contributed by atoms with E-state index in [2.05, 4.69) is 20.5 Å². The van der Waals surface area contributed by atoms with Gasteiger partial charge in [0.1, 0.15) is 6.54 Å². The minimum Gasteiger partial charge on any atom is -0.352 e. The highest BCUT2D eigenvalue weighted by molar-refractivity contribution is 7.89. The fraction of sp³-hybridized carbons (Fsp3) is 0.421. The molecule has 1 fully saturated rings. The van der Waals surface area contributed by atoms with Gasteiger partial charge >= 0.3 is 0 Å². The van der Waals surface area contributed by atoms with Crippen molar-refractivity contribution in [2.24, 2.45) is 0 Å². The molecule has 0 saturated heterocycles. The van der Waals surface area contributed by atoms with Crippen LogP contribution in [0.15, 0.2) is 35.5 Å². The molecule has 0 aliphatic heterocycles. The van der Waals surface area contributed by atoms with Gasteiger partial charge in [-0.1, -0.05) is 18.9 Å². The number of rotatable bonds is 7. The lowest BCUT2D eigenvalue weighted by Gasteiger charge is -2.11. The average Bonchev–Trinajstić information content (AvgIpc) is 3.34. The molecule has 1 saturated carbocycles. The summed E-state index contributed by atoms with van der Waals surface area (Å²) in [7, 11) is -2.34. The average molecular weight is 420 g/mol. The van der Waals surface area contributed by atoms with Crippen molar-refractivity contribution in [3.8, 4) is 0 Å². The number of nitrogens with zero attached hydrogens (tertiary/aromatic N) is 2. The first kappa shape index (κ1) is 21.0. The summed E-state index contributed by atoms with van der Waals surface area (Å²) < 4.78 is 27.6. The lowest BCUT2D eigenvalue weighted by molar-refractivity contribution is -0.122. The minimum atomic E-state index is -3.65. The van der Waals surface area contributed by atoms with Gasteiger partial charge in [-0.3, -0.25) is 14.3 Å². The maximum atomic E-state index is 12.6. The van der Waals surface area contributed by atoms with Crippen molar-refractivity contribution >= 4 is 27.5 Å². The van der Waals surface area contributed by atoms with E-state index in [0.717, 1.165) is 25.7 Å². The number of anilines is 1. The molecule has 1 aromatic carbocycles. The van der Waals surface area contributed by atoms with Gasteiger partial charge in [0.2, 0.25) is 15.9 Å². The molecule has 9 nitrogen and oxygen atoms in total. The van der Waals surface area contributed by atoms with E-state index in [-0.39, 0.29) is 29.0 Å². The van der Waals surface area contributed by atoms with Gasteiger partial charge in [0.25, 0.3) is 5.91 Å². The Morgan fingerprint density at radius 1 is 1.24 bits per heavy atom. The smallest absolute Gasteiger partial charge is 0.256 e. The van der Waals surface area contributed by atoms with Gasteiger partial charge < -0.3 is 10.6 Å². The largest absolute Gasteiger partial charge is 0.352 e. The van der Waals surface area contributed by atoms with Crippen molar-refractivity contribution in [3.05, 3.63) is 41.7 Å². The molecule has 3 N–H and O–H groups in total. The third-order valence-electron chi connectivity index (χ3n) is 4.95. The van der Waals surface area contributed by atoms with Crippen LogP contribution in [0.4, 0.5) is 5.69 Å². The number of carbonyl (C=O) groups is 2. The predicted octanol–water partition coefficient (Wildman–Crippen LogP) is 1.41. The number of carbonyl (C=O) groups excluding carboxylic acids is 2. The van der Waals surface area contributed by atoms with E-state index in [1.54, 1.807) is 19.2 Å². The topological polar surface area (TPSA) is 122 Å². The molecule has 10 heteroatoms. The molecule has 0 radical (unpaired) electrons. The highest BCUT2D eigenvalue weighted by Gasteiger charge is 2.19. The SMILES string of the molecule is CNS(=O)(=O)c1ccc(C)c(C(=O)Nc2cnn(CC(=O)NC3CCCC3)c2)c1. The van der Waals surface area contributed by atoms with Gasteiger partial charge in [0.05, 0.1) is 16.8 Å². The number of amides is 2. The number of hydrogen-bond donors (Lipinski definition) is 3. The number of sulfonamides is 1. The van der Waals surface area contributed by atoms with E-state index in [4.69, 9.17) is 0 Å². The molecule has 3 rings (SSSR count). The third kappa shape index (κ3) is 5.21. The first-order valence-corrected chi connectivity index (χ1v) is 10.9. The summed E-state index contributed by atoms with van der Waals surface area (Å²) in [4.78, 5) is 24.7. The molecule has 1 aliphatic carbocycles. The Bertz CT molecular complexity index is 1010. The summed E-state index contributed by atoms with van der Waals surface area (Å²) in [5.74, 6) is -0.565. The van der Waals surface area contributed by atoms with E-state index in [1.165, 1.54) is 30.1 Å². The standard InChI is InChI=1S/C19H25N5O4S/c1-13-7-8-16(29(27,28)20-2)9-17(13)19(26)23-15-10-21-24(11-15)12-18(25)22-14-5-3-4-6-14/h7-11,14,20H,3-6,12H2,1-2H3,(H,22,25)(H,23,26). The highest BCUT2D eigenvalue weighted by Crippen LogP contribution is 2.18. The Hall–Kier alpha value is -2.72. The van der Waals surface area contributed by atoms with Crippen LogP contribution in [0, 0.1) is 6.92 Å². The van der Waals surface area contributed by atoms with Gasteiger partial charge in [0, 0.05) is 17.8 Å². The van der Waals surface area contributed by atoms with E-state index in [0.29, 0.717) is 11.3 Å². The summed E-state index contributed by atoms with van der Waals surface area (Å²) in [6.45, 7) is 1.79. The fourth-order valence-corrected chi connectivity index (χ4v) is 4.09. The molecule has 1 aromatic heterocycles. The first-order valence-electron chi connectivity index (χ1n) is 9.46. The molecule has 2 aromatic rings. The second-order valence-corrected chi connectivity index (χ2v) is 9.00. The third-order valence-corrected chi connectivity index (χ3v) is 6.36. The summed E-state index contributed by atoms with van der Waals surface area (Å²) >= 11 is 0. The first-order chi connectivity index (χ1) is 13.8. The Morgan fingerprint density at radius 2 is 1.97 bits per heavy atom. The Kier molecular flexibility index (Phi) is 6.33. The number of benzene rings is 1. The molecule has 0 unspecified atom stereocenters. The lowest BCUT2D eigenvalue weighted by atomic mass is 10.1. The van der Waals surface area contributed by atoms with Crippen LogP contribution in [0.5, 0.6) is 0 Å². The van der Waals surface area contributed by atoms with Crippen molar-refractivity contribution in [1.29, 1.82) is 0 Å².